The molecule has 75 heavy (non-hydrogen) atoms. The summed E-state index contributed by atoms with van der Waals surface area (Å²) in [6.45, 7) is 0. The second-order valence-electron chi connectivity index (χ2n) is 19.2. The van der Waals surface area contributed by atoms with Gasteiger partial charge in [-0.2, -0.15) is 0 Å². The third-order valence-electron chi connectivity index (χ3n) is 14.9. The zero-order valence-corrected chi connectivity index (χ0v) is 40.6. The van der Waals surface area contributed by atoms with Gasteiger partial charge in [-0.1, -0.05) is 194 Å². The van der Waals surface area contributed by atoms with E-state index in [4.69, 9.17) is 15.0 Å². The molecule has 0 amide bonds. The summed E-state index contributed by atoms with van der Waals surface area (Å²) >= 11 is 0. The molecule has 0 atom stereocenters. The summed E-state index contributed by atoms with van der Waals surface area (Å²) in [6, 6.07) is 95.5. The Hall–Kier alpha value is -10.2. The number of rotatable bonds is 8. The van der Waals surface area contributed by atoms with Gasteiger partial charge in [0, 0.05) is 65.9 Å². The van der Waals surface area contributed by atoms with Gasteiger partial charge in [0.25, 0.3) is 0 Å². The van der Waals surface area contributed by atoms with Gasteiger partial charge < -0.3 is 13.7 Å². The van der Waals surface area contributed by atoms with E-state index in [0.29, 0.717) is 17.5 Å². The number of fused-ring (bicyclic) bond motifs is 9. The van der Waals surface area contributed by atoms with Crippen molar-refractivity contribution in [2.45, 2.75) is 0 Å². The number of hydrogen-bond acceptors (Lipinski definition) is 3. The smallest absolute Gasteiger partial charge is 0.164 e. The van der Waals surface area contributed by atoms with Crippen molar-refractivity contribution in [3.05, 3.63) is 267 Å². The highest BCUT2D eigenvalue weighted by Gasteiger charge is 2.21. The zero-order chi connectivity index (χ0) is 49.4. The summed E-state index contributed by atoms with van der Waals surface area (Å²) in [6.07, 6.45) is 0. The van der Waals surface area contributed by atoms with Crippen LogP contribution in [0.2, 0.25) is 0 Å². The van der Waals surface area contributed by atoms with E-state index in [9.17, 15) is 0 Å². The van der Waals surface area contributed by atoms with Gasteiger partial charge in [-0.05, 0) is 89.5 Å². The molecule has 0 unspecified atom stereocenters. The van der Waals surface area contributed by atoms with Crippen LogP contribution in [0.25, 0.3) is 139 Å². The number of benzene rings is 11. The van der Waals surface area contributed by atoms with E-state index in [0.717, 1.165) is 78.1 Å². The average Bonchev–Trinajstić information content (AvgIpc) is 4.13. The van der Waals surface area contributed by atoms with Crippen LogP contribution in [0.1, 0.15) is 0 Å². The number of hydrogen-bond donors (Lipinski definition) is 0. The highest BCUT2D eigenvalue weighted by Crippen LogP contribution is 2.42. The van der Waals surface area contributed by atoms with Crippen LogP contribution in [0.15, 0.2) is 267 Å². The van der Waals surface area contributed by atoms with Crippen LogP contribution in [0.3, 0.4) is 0 Å². The van der Waals surface area contributed by atoms with Crippen molar-refractivity contribution in [2.24, 2.45) is 0 Å². The van der Waals surface area contributed by atoms with Crippen molar-refractivity contribution in [3.8, 4) is 73.5 Å². The molecule has 0 bridgehead atoms. The molecule has 0 aliphatic rings. The molecule has 4 aromatic heterocycles. The van der Waals surface area contributed by atoms with Crippen LogP contribution in [0.4, 0.5) is 0 Å². The molecule has 0 N–H and O–H groups in total. The van der Waals surface area contributed by atoms with Gasteiger partial charge in [-0.3, -0.25) is 0 Å². The van der Waals surface area contributed by atoms with E-state index in [-0.39, 0.29) is 0 Å². The van der Waals surface area contributed by atoms with Crippen LogP contribution in [-0.4, -0.2) is 28.7 Å². The number of para-hydroxylation sites is 5. The summed E-state index contributed by atoms with van der Waals surface area (Å²) in [4.78, 5) is 15.2. The van der Waals surface area contributed by atoms with Crippen LogP contribution in [0, 0.1) is 0 Å². The molecule has 0 fully saturated rings. The van der Waals surface area contributed by atoms with E-state index in [1.165, 1.54) is 43.4 Å². The molecular formula is C69H44N6. The van der Waals surface area contributed by atoms with E-state index in [1.807, 2.05) is 60.7 Å². The Morgan fingerprint density at radius 3 is 1.23 bits per heavy atom. The lowest BCUT2D eigenvalue weighted by molar-refractivity contribution is 1.07. The highest BCUT2D eigenvalue weighted by atomic mass is 15.0. The van der Waals surface area contributed by atoms with Crippen molar-refractivity contribution in [3.63, 3.8) is 0 Å². The zero-order valence-electron chi connectivity index (χ0n) is 40.6. The Morgan fingerprint density at radius 1 is 0.213 bits per heavy atom. The predicted octanol–water partition coefficient (Wildman–Crippen LogP) is 17.5. The highest BCUT2D eigenvalue weighted by molar-refractivity contribution is 6.14. The number of nitrogens with zero attached hydrogens (tertiary/aromatic N) is 6. The van der Waals surface area contributed by atoms with E-state index < -0.39 is 0 Å². The molecule has 0 aliphatic carbocycles. The normalized spacial score (nSPS) is 11.7. The molecule has 6 heteroatoms. The first kappa shape index (κ1) is 42.5. The fraction of sp³-hybridized carbons (Fsp3) is 0. The maximum Gasteiger partial charge on any atom is 0.164 e. The first-order valence-electron chi connectivity index (χ1n) is 25.4. The van der Waals surface area contributed by atoms with Gasteiger partial charge in [0.05, 0.1) is 38.8 Å². The van der Waals surface area contributed by atoms with Crippen LogP contribution < -0.4 is 0 Å². The largest absolute Gasteiger partial charge is 0.309 e. The van der Waals surface area contributed by atoms with Gasteiger partial charge >= 0.3 is 0 Å². The molecule has 0 saturated carbocycles. The van der Waals surface area contributed by atoms with Crippen LogP contribution in [0.5, 0.6) is 0 Å². The lowest BCUT2D eigenvalue weighted by Gasteiger charge is -2.17. The number of aromatic nitrogens is 6. The molecule has 0 aliphatic heterocycles. The molecule has 4 heterocycles. The first-order chi connectivity index (χ1) is 37.2. The summed E-state index contributed by atoms with van der Waals surface area (Å²) < 4.78 is 7.28. The maximum atomic E-state index is 5.09. The second-order valence-corrected chi connectivity index (χ2v) is 19.2. The Kier molecular flexibility index (Phi) is 9.78. The van der Waals surface area contributed by atoms with E-state index in [2.05, 4.69) is 220 Å². The standard InChI is InChI=1S/C69H44N6/c1-4-19-45(20-5-1)67-70-68(46-21-6-2-7-22-46)72-69(71-67)50-24-18-23-47(41-50)48-35-38-53(65(43-48)75-62-33-16-12-29-56(62)57-30-13-17-34-63(57)75)49-36-40-64-59(42-49)58-39-37-52(44-66(58)73(64)51-25-8-3-9-26-51)74-60-31-14-10-27-54(60)55-28-11-15-32-61(55)74/h1-44H. The van der Waals surface area contributed by atoms with Crippen molar-refractivity contribution >= 4 is 65.4 Å². The minimum absolute atomic E-state index is 0.619. The fourth-order valence-corrected chi connectivity index (χ4v) is 11.5. The summed E-state index contributed by atoms with van der Waals surface area (Å²) in [7, 11) is 0. The van der Waals surface area contributed by atoms with Gasteiger partial charge in [-0.15, -0.1) is 0 Å². The van der Waals surface area contributed by atoms with Gasteiger partial charge in [0.2, 0.25) is 0 Å². The maximum absolute atomic E-state index is 5.09. The third-order valence-corrected chi connectivity index (χ3v) is 14.9. The second kappa shape index (κ2) is 17.3. The van der Waals surface area contributed by atoms with Crippen molar-refractivity contribution in [2.75, 3.05) is 0 Å². The van der Waals surface area contributed by atoms with Crippen molar-refractivity contribution in [1.82, 2.24) is 28.7 Å². The Labute approximate surface area is 432 Å². The minimum atomic E-state index is 0.619. The molecular weight excluding hydrogens is 913 g/mol. The summed E-state index contributed by atoms with van der Waals surface area (Å²) in [5, 5.41) is 7.30. The van der Waals surface area contributed by atoms with Crippen LogP contribution >= 0.6 is 0 Å². The Morgan fingerprint density at radius 2 is 0.640 bits per heavy atom. The lowest BCUT2D eigenvalue weighted by Crippen LogP contribution is -2.00. The fourth-order valence-electron chi connectivity index (χ4n) is 11.5. The molecule has 15 aromatic rings. The summed E-state index contributed by atoms with van der Waals surface area (Å²) in [5.74, 6) is 1.89. The molecule has 11 aromatic carbocycles. The monoisotopic (exact) mass is 956 g/mol. The molecule has 0 saturated heterocycles. The quantitative estimate of drug-likeness (QED) is 0.152. The molecule has 0 radical (unpaired) electrons. The molecule has 350 valence electrons. The van der Waals surface area contributed by atoms with Gasteiger partial charge in [0.1, 0.15) is 0 Å². The average molecular weight is 957 g/mol. The molecule has 15 rings (SSSR count). The van der Waals surface area contributed by atoms with Crippen LogP contribution in [-0.2, 0) is 0 Å². The minimum Gasteiger partial charge on any atom is -0.309 e. The predicted molar refractivity (Wildman–Crippen MR) is 310 cm³/mol. The SMILES string of the molecule is c1ccc(-c2nc(-c3ccccc3)nc(-c3cccc(-c4ccc(-c5ccc6c(c5)c5ccc(-n7c8ccccc8c8ccccc87)cc5n6-c5ccccc5)c(-n5c6ccccc6c6ccccc65)c4)c3)n2)cc1. The molecule has 6 nitrogen and oxygen atoms in total. The molecule has 0 spiro atoms. The van der Waals surface area contributed by atoms with Crippen molar-refractivity contribution < 1.29 is 0 Å². The van der Waals surface area contributed by atoms with Gasteiger partial charge in [-0.25, -0.2) is 15.0 Å². The van der Waals surface area contributed by atoms with Gasteiger partial charge in [0.15, 0.2) is 17.5 Å². The third kappa shape index (κ3) is 6.99. The lowest BCUT2D eigenvalue weighted by atomic mass is 9.96. The van der Waals surface area contributed by atoms with Crippen molar-refractivity contribution in [1.29, 1.82) is 0 Å². The Bertz CT molecular complexity index is 4540. The first-order valence-corrected chi connectivity index (χ1v) is 25.4. The Balaban J connectivity index is 0.929. The van der Waals surface area contributed by atoms with E-state index in [1.54, 1.807) is 0 Å². The van der Waals surface area contributed by atoms with E-state index >= 15 is 0 Å². The topological polar surface area (TPSA) is 53.5 Å². The summed E-state index contributed by atoms with van der Waals surface area (Å²) in [5.41, 5.74) is 17.5.